The van der Waals surface area contributed by atoms with Crippen molar-refractivity contribution in [2.45, 2.75) is 65.7 Å². The number of carbonyl (C=O) groups is 1. The molecule has 4 nitrogen and oxygen atoms in total. The Hall–Kier alpha value is -1.69. The summed E-state index contributed by atoms with van der Waals surface area (Å²) in [6, 6.07) is 6.03. The van der Waals surface area contributed by atoms with E-state index in [1.54, 1.807) is 12.1 Å². The molecule has 0 fully saturated rings. The van der Waals surface area contributed by atoms with Crippen molar-refractivity contribution in [3.63, 3.8) is 0 Å². The largest absolute Gasteiger partial charge is 0.435 e. The fourth-order valence-corrected chi connectivity index (χ4v) is 2.25. The Kier molecular flexibility index (Phi) is 7.60. The van der Waals surface area contributed by atoms with E-state index < -0.39 is 12.7 Å². The van der Waals surface area contributed by atoms with Gasteiger partial charge in [-0.2, -0.15) is 8.78 Å². The second-order valence-corrected chi connectivity index (χ2v) is 6.95. The van der Waals surface area contributed by atoms with Gasteiger partial charge in [0.15, 0.2) is 0 Å². The second-order valence-electron chi connectivity index (χ2n) is 6.95. The molecule has 0 aromatic heterocycles. The lowest BCUT2D eigenvalue weighted by molar-refractivity contribution is -0.125. The highest BCUT2D eigenvalue weighted by molar-refractivity contribution is 5.77. The van der Waals surface area contributed by atoms with Crippen LogP contribution >= 0.6 is 0 Å². The molecule has 2 N–H and O–H groups in total. The molecule has 2 atom stereocenters. The van der Waals surface area contributed by atoms with Gasteiger partial charge in [0, 0.05) is 0 Å². The first-order chi connectivity index (χ1) is 11.1. The Morgan fingerprint density at radius 1 is 1.33 bits per heavy atom. The lowest BCUT2D eigenvalue weighted by Gasteiger charge is -2.26. The monoisotopic (exact) mass is 343 g/mol. The van der Waals surface area contributed by atoms with Gasteiger partial charge in [0.1, 0.15) is 5.75 Å². The molecule has 1 aromatic rings. The molecular weight excluding hydrogens is 316 g/mol. The van der Waals surface area contributed by atoms with Gasteiger partial charge in [0.2, 0.25) is 5.91 Å². The molecule has 1 unspecified atom stereocenters. The van der Waals surface area contributed by atoms with Crippen molar-refractivity contribution in [3.05, 3.63) is 29.8 Å². The number of hydrogen-bond donors (Lipinski definition) is 2. The maximum absolute atomic E-state index is 12.3. The molecule has 1 rings (SSSR count). The van der Waals surface area contributed by atoms with E-state index in [9.17, 15) is 18.7 Å². The summed E-state index contributed by atoms with van der Waals surface area (Å²) in [5.74, 6) is -0.205. The molecule has 1 aromatic carbocycles. The van der Waals surface area contributed by atoms with Gasteiger partial charge in [0.05, 0.1) is 18.6 Å². The van der Waals surface area contributed by atoms with Crippen molar-refractivity contribution in [2.75, 3.05) is 0 Å². The van der Waals surface area contributed by atoms with Crippen molar-refractivity contribution in [2.24, 2.45) is 5.41 Å². The molecule has 0 bridgehead atoms. The molecule has 0 saturated heterocycles. The number of aliphatic hydroxyl groups excluding tert-OH is 1. The van der Waals surface area contributed by atoms with Crippen molar-refractivity contribution in [1.82, 2.24) is 5.32 Å². The van der Waals surface area contributed by atoms with Crippen molar-refractivity contribution >= 4 is 5.91 Å². The summed E-state index contributed by atoms with van der Waals surface area (Å²) in [5, 5.41) is 12.9. The summed E-state index contributed by atoms with van der Waals surface area (Å²) in [5.41, 5.74) is 0.316. The van der Waals surface area contributed by atoms with Crippen LogP contribution in [0.5, 0.6) is 5.75 Å². The van der Waals surface area contributed by atoms with Gasteiger partial charge in [0.25, 0.3) is 0 Å². The Morgan fingerprint density at radius 2 is 2.00 bits per heavy atom. The number of aliphatic hydroxyl groups is 1. The molecule has 6 heteroatoms. The number of nitrogens with one attached hydrogen (secondary N) is 1. The third kappa shape index (κ3) is 6.83. The first-order valence-corrected chi connectivity index (χ1v) is 8.15. The van der Waals surface area contributed by atoms with E-state index in [1.165, 1.54) is 12.1 Å². The maximum atomic E-state index is 12.3. The van der Waals surface area contributed by atoms with E-state index in [0.29, 0.717) is 12.0 Å². The van der Waals surface area contributed by atoms with Gasteiger partial charge in [-0.1, -0.05) is 46.2 Å². The minimum Gasteiger partial charge on any atom is -0.435 e. The van der Waals surface area contributed by atoms with E-state index in [2.05, 4.69) is 10.1 Å². The summed E-state index contributed by atoms with van der Waals surface area (Å²) >= 11 is 0. The average molecular weight is 343 g/mol. The van der Waals surface area contributed by atoms with Gasteiger partial charge < -0.3 is 15.2 Å². The minimum atomic E-state index is -2.89. The van der Waals surface area contributed by atoms with E-state index in [1.807, 2.05) is 27.7 Å². The molecular formula is C18H27F2NO3. The van der Waals surface area contributed by atoms with Crippen LogP contribution in [0.4, 0.5) is 8.78 Å². The van der Waals surface area contributed by atoms with Gasteiger partial charge >= 0.3 is 6.61 Å². The highest BCUT2D eigenvalue weighted by Gasteiger charge is 2.25. The summed E-state index contributed by atoms with van der Waals surface area (Å²) in [7, 11) is 0. The zero-order valence-corrected chi connectivity index (χ0v) is 14.7. The molecule has 0 aliphatic carbocycles. The third-order valence-corrected chi connectivity index (χ3v) is 3.78. The van der Waals surface area contributed by atoms with Crippen LogP contribution in [0, 0.1) is 5.41 Å². The van der Waals surface area contributed by atoms with Crippen LogP contribution < -0.4 is 10.1 Å². The van der Waals surface area contributed by atoms with Crippen LogP contribution in [0.25, 0.3) is 0 Å². The number of halogens is 2. The normalized spacial score (nSPS) is 14.3. The van der Waals surface area contributed by atoms with Crippen LogP contribution in [0.15, 0.2) is 24.3 Å². The number of benzene rings is 1. The van der Waals surface area contributed by atoms with E-state index in [-0.39, 0.29) is 29.5 Å². The number of amides is 1. The Labute approximate surface area is 142 Å². The van der Waals surface area contributed by atoms with Gasteiger partial charge in [-0.05, 0) is 29.5 Å². The van der Waals surface area contributed by atoms with Crippen LogP contribution in [0.3, 0.4) is 0 Å². The SMILES string of the molecule is CCC[C@H](NC(=O)CC(O)C(C)(C)C)c1cccc(OC(F)F)c1. The average Bonchev–Trinajstić information content (AvgIpc) is 2.45. The predicted molar refractivity (Wildman–Crippen MR) is 88.9 cm³/mol. The topological polar surface area (TPSA) is 58.6 Å². The number of rotatable bonds is 8. The van der Waals surface area contributed by atoms with Gasteiger partial charge in [-0.15, -0.1) is 0 Å². The highest BCUT2D eigenvalue weighted by atomic mass is 19.3. The fraction of sp³-hybridized carbons (Fsp3) is 0.611. The van der Waals surface area contributed by atoms with E-state index in [4.69, 9.17) is 0 Å². The highest BCUT2D eigenvalue weighted by Crippen LogP contribution is 2.25. The zero-order chi connectivity index (χ0) is 18.3. The molecule has 0 heterocycles. The van der Waals surface area contributed by atoms with E-state index >= 15 is 0 Å². The smallest absolute Gasteiger partial charge is 0.387 e. The number of alkyl halides is 2. The minimum absolute atomic E-state index is 0.00304. The Bertz CT molecular complexity index is 529. The summed E-state index contributed by atoms with van der Waals surface area (Å²) < 4.78 is 29.1. The predicted octanol–water partition coefficient (Wildman–Crippen LogP) is 4.04. The van der Waals surface area contributed by atoms with Gasteiger partial charge in [-0.25, -0.2) is 0 Å². The van der Waals surface area contributed by atoms with E-state index in [0.717, 1.165) is 6.42 Å². The first-order valence-electron chi connectivity index (χ1n) is 8.15. The third-order valence-electron chi connectivity index (χ3n) is 3.78. The number of ether oxygens (including phenoxy) is 1. The maximum Gasteiger partial charge on any atom is 0.387 e. The molecule has 0 saturated carbocycles. The standard InChI is InChI=1S/C18H27F2NO3/c1-5-7-14(21-16(23)11-15(22)18(2,3)4)12-8-6-9-13(10-12)24-17(19)20/h6,8-10,14-15,17,22H,5,7,11H2,1-4H3,(H,21,23)/t14-,15?/m0/s1. The molecule has 0 spiro atoms. The summed E-state index contributed by atoms with van der Waals surface area (Å²) in [6.07, 6.45) is 0.715. The van der Waals surface area contributed by atoms with Crippen molar-refractivity contribution < 1.29 is 23.4 Å². The van der Waals surface area contributed by atoms with Crippen LogP contribution in [0.1, 0.15) is 58.6 Å². The van der Waals surface area contributed by atoms with Crippen molar-refractivity contribution in [1.29, 1.82) is 0 Å². The lowest BCUT2D eigenvalue weighted by atomic mass is 9.87. The van der Waals surface area contributed by atoms with Gasteiger partial charge in [-0.3, -0.25) is 4.79 Å². The van der Waals surface area contributed by atoms with Crippen LogP contribution in [-0.2, 0) is 4.79 Å². The molecule has 24 heavy (non-hydrogen) atoms. The quantitative estimate of drug-likeness (QED) is 0.749. The van der Waals surface area contributed by atoms with Crippen LogP contribution in [-0.4, -0.2) is 23.7 Å². The lowest BCUT2D eigenvalue weighted by Crippen LogP contribution is -2.35. The number of carbonyl (C=O) groups excluding carboxylic acids is 1. The Morgan fingerprint density at radius 3 is 2.54 bits per heavy atom. The molecule has 0 aliphatic rings. The molecule has 1 amide bonds. The summed E-state index contributed by atoms with van der Waals surface area (Å²) in [4.78, 5) is 12.2. The molecule has 0 aliphatic heterocycles. The number of hydrogen-bond acceptors (Lipinski definition) is 3. The first kappa shape index (κ1) is 20.4. The fourth-order valence-electron chi connectivity index (χ4n) is 2.25. The van der Waals surface area contributed by atoms with Crippen LogP contribution in [0.2, 0.25) is 0 Å². The second kappa shape index (κ2) is 8.97. The molecule has 0 radical (unpaired) electrons. The van der Waals surface area contributed by atoms with Crippen molar-refractivity contribution in [3.8, 4) is 5.75 Å². The zero-order valence-electron chi connectivity index (χ0n) is 14.7. The molecule has 136 valence electrons. The Balaban J connectivity index is 2.81. The summed E-state index contributed by atoms with van der Waals surface area (Å²) in [6.45, 7) is 4.67.